The van der Waals surface area contributed by atoms with E-state index in [1.165, 1.54) is 36.4 Å². The molecular formula is C18H19FN4O. The Morgan fingerprint density at radius 1 is 1.21 bits per heavy atom. The van der Waals surface area contributed by atoms with Crippen LogP contribution in [0.5, 0.6) is 0 Å². The number of aromatic nitrogens is 3. The monoisotopic (exact) mass is 326 g/mol. The summed E-state index contributed by atoms with van der Waals surface area (Å²) in [5.41, 5.74) is 3.90. The second-order valence-corrected chi connectivity index (χ2v) is 6.75. The summed E-state index contributed by atoms with van der Waals surface area (Å²) in [6.07, 6.45) is 7.80. The molecule has 124 valence electrons. The van der Waals surface area contributed by atoms with E-state index in [0.29, 0.717) is 23.2 Å². The van der Waals surface area contributed by atoms with Crippen molar-refractivity contribution in [3.8, 4) is 0 Å². The van der Waals surface area contributed by atoms with E-state index in [0.717, 1.165) is 32.4 Å². The number of anilines is 1. The van der Waals surface area contributed by atoms with Crippen molar-refractivity contribution in [2.45, 2.75) is 38.1 Å². The molecule has 1 fully saturated rings. The molecule has 0 N–H and O–H groups in total. The molecule has 2 aromatic heterocycles. The fourth-order valence-corrected chi connectivity index (χ4v) is 3.97. The van der Waals surface area contributed by atoms with Gasteiger partial charge in [-0.15, -0.1) is 0 Å². The van der Waals surface area contributed by atoms with Crippen LogP contribution in [0.15, 0.2) is 28.9 Å². The largest absolute Gasteiger partial charge is 0.423 e. The van der Waals surface area contributed by atoms with Gasteiger partial charge in [0, 0.05) is 24.8 Å². The minimum Gasteiger partial charge on any atom is -0.423 e. The van der Waals surface area contributed by atoms with Crippen molar-refractivity contribution in [1.82, 2.24) is 14.5 Å². The van der Waals surface area contributed by atoms with Gasteiger partial charge < -0.3 is 13.9 Å². The van der Waals surface area contributed by atoms with Gasteiger partial charge in [0.05, 0.1) is 18.1 Å². The molecule has 3 heterocycles. The van der Waals surface area contributed by atoms with Crippen molar-refractivity contribution in [1.29, 1.82) is 0 Å². The van der Waals surface area contributed by atoms with Crippen LogP contribution in [0.25, 0.3) is 11.1 Å². The lowest BCUT2D eigenvalue weighted by atomic mass is 10.0. The topological polar surface area (TPSA) is 47.1 Å². The third kappa shape index (κ3) is 2.20. The highest BCUT2D eigenvalue weighted by molar-refractivity contribution is 5.74. The zero-order chi connectivity index (χ0) is 16.1. The third-order valence-electron chi connectivity index (χ3n) is 5.23. The Balaban J connectivity index is 1.41. The zero-order valence-corrected chi connectivity index (χ0v) is 13.4. The first kappa shape index (κ1) is 14.0. The molecule has 1 aliphatic heterocycles. The number of aryl methyl sites for hydroxylation is 1. The average Bonchev–Trinajstić information content (AvgIpc) is 3.31. The summed E-state index contributed by atoms with van der Waals surface area (Å²) in [5.74, 6) is -0.285. The molecular weight excluding hydrogens is 307 g/mol. The smallest absolute Gasteiger partial charge is 0.298 e. The van der Waals surface area contributed by atoms with Crippen LogP contribution in [0.1, 0.15) is 36.7 Å². The number of oxazole rings is 1. The molecule has 1 saturated heterocycles. The van der Waals surface area contributed by atoms with E-state index in [9.17, 15) is 4.39 Å². The maximum atomic E-state index is 13.3. The van der Waals surface area contributed by atoms with Crippen LogP contribution in [0, 0.1) is 5.82 Å². The van der Waals surface area contributed by atoms with E-state index >= 15 is 0 Å². The molecule has 0 radical (unpaired) electrons. The zero-order valence-electron chi connectivity index (χ0n) is 13.4. The number of hydrogen-bond acceptors (Lipinski definition) is 4. The molecule has 1 atom stereocenters. The highest BCUT2D eigenvalue weighted by Crippen LogP contribution is 2.32. The van der Waals surface area contributed by atoms with Gasteiger partial charge in [-0.2, -0.15) is 4.98 Å². The van der Waals surface area contributed by atoms with Gasteiger partial charge in [0.15, 0.2) is 5.58 Å². The minimum atomic E-state index is -0.285. The van der Waals surface area contributed by atoms with Gasteiger partial charge >= 0.3 is 0 Å². The summed E-state index contributed by atoms with van der Waals surface area (Å²) in [6, 6.07) is 5.46. The van der Waals surface area contributed by atoms with Crippen LogP contribution in [0.4, 0.5) is 10.4 Å². The Hall–Kier alpha value is -2.37. The van der Waals surface area contributed by atoms with Crippen LogP contribution in [-0.4, -0.2) is 27.6 Å². The molecule has 3 aromatic rings. The summed E-state index contributed by atoms with van der Waals surface area (Å²) < 4.78 is 21.5. The van der Waals surface area contributed by atoms with Crippen LogP contribution in [0.3, 0.4) is 0 Å². The van der Waals surface area contributed by atoms with Crippen molar-refractivity contribution >= 4 is 17.1 Å². The van der Waals surface area contributed by atoms with Gasteiger partial charge in [0.1, 0.15) is 11.3 Å². The second kappa shape index (κ2) is 5.33. The van der Waals surface area contributed by atoms with E-state index in [4.69, 9.17) is 4.42 Å². The first-order valence-corrected chi connectivity index (χ1v) is 8.63. The normalized spacial score (nSPS) is 20.7. The molecule has 2 aliphatic rings. The van der Waals surface area contributed by atoms with E-state index in [2.05, 4.69) is 19.4 Å². The Morgan fingerprint density at radius 2 is 2.12 bits per heavy atom. The van der Waals surface area contributed by atoms with Crippen LogP contribution in [0.2, 0.25) is 0 Å². The van der Waals surface area contributed by atoms with E-state index in [1.807, 2.05) is 6.33 Å². The van der Waals surface area contributed by atoms with Gasteiger partial charge in [0.25, 0.3) is 6.01 Å². The number of rotatable bonds is 2. The second-order valence-electron chi connectivity index (χ2n) is 6.75. The van der Waals surface area contributed by atoms with E-state index < -0.39 is 0 Å². The number of imidazole rings is 1. The summed E-state index contributed by atoms with van der Waals surface area (Å²) in [6.45, 7) is 1.75. The molecule has 0 unspecified atom stereocenters. The molecule has 0 saturated carbocycles. The lowest BCUT2D eigenvalue weighted by molar-refractivity contribution is 0.510. The fraction of sp³-hybridized carbons (Fsp3) is 0.444. The SMILES string of the molecule is Fc1ccc2oc(N3CC[C@@H](n4cnc5c4CCCC5)C3)nc2c1. The van der Waals surface area contributed by atoms with E-state index in [-0.39, 0.29) is 5.82 Å². The van der Waals surface area contributed by atoms with Crippen LogP contribution >= 0.6 is 0 Å². The van der Waals surface area contributed by atoms with Gasteiger partial charge in [-0.25, -0.2) is 9.37 Å². The number of halogens is 1. The number of hydrogen-bond donors (Lipinski definition) is 0. The minimum absolute atomic E-state index is 0.285. The summed E-state index contributed by atoms with van der Waals surface area (Å²) in [7, 11) is 0. The summed E-state index contributed by atoms with van der Waals surface area (Å²) >= 11 is 0. The van der Waals surface area contributed by atoms with Crippen molar-refractivity contribution in [3.63, 3.8) is 0 Å². The van der Waals surface area contributed by atoms with Crippen molar-refractivity contribution in [3.05, 3.63) is 41.7 Å². The first-order chi connectivity index (χ1) is 11.8. The first-order valence-electron chi connectivity index (χ1n) is 8.63. The Morgan fingerprint density at radius 3 is 3.08 bits per heavy atom. The molecule has 1 aromatic carbocycles. The Kier molecular flexibility index (Phi) is 3.11. The van der Waals surface area contributed by atoms with Gasteiger partial charge in [0.2, 0.25) is 0 Å². The molecule has 5 nitrogen and oxygen atoms in total. The predicted octanol–water partition coefficient (Wildman–Crippen LogP) is 3.49. The molecule has 24 heavy (non-hydrogen) atoms. The molecule has 0 spiro atoms. The Bertz CT molecular complexity index is 900. The summed E-state index contributed by atoms with van der Waals surface area (Å²) in [5, 5.41) is 0. The quantitative estimate of drug-likeness (QED) is 0.723. The van der Waals surface area contributed by atoms with Crippen molar-refractivity contribution in [2.75, 3.05) is 18.0 Å². The third-order valence-corrected chi connectivity index (χ3v) is 5.23. The summed E-state index contributed by atoms with van der Waals surface area (Å²) in [4.78, 5) is 11.2. The van der Waals surface area contributed by atoms with Gasteiger partial charge in [-0.1, -0.05) is 0 Å². The standard InChI is InChI=1S/C18H19FN4O/c19-12-5-6-17-15(9-12)21-18(24-17)22-8-7-13(10-22)23-11-20-14-3-1-2-4-16(14)23/h5-6,9,11,13H,1-4,7-8,10H2/t13-/m1/s1. The predicted molar refractivity (Wildman–Crippen MR) is 88.7 cm³/mol. The highest BCUT2D eigenvalue weighted by atomic mass is 19.1. The number of nitrogens with zero attached hydrogens (tertiary/aromatic N) is 4. The molecule has 0 amide bonds. The maximum Gasteiger partial charge on any atom is 0.298 e. The van der Waals surface area contributed by atoms with Crippen LogP contribution < -0.4 is 4.90 Å². The molecule has 6 heteroatoms. The van der Waals surface area contributed by atoms with Crippen molar-refractivity contribution in [2.24, 2.45) is 0 Å². The molecule has 1 aliphatic carbocycles. The van der Waals surface area contributed by atoms with E-state index in [1.54, 1.807) is 6.07 Å². The van der Waals surface area contributed by atoms with Crippen LogP contribution in [-0.2, 0) is 12.8 Å². The highest BCUT2D eigenvalue weighted by Gasteiger charge is 2.29. The molecule has 0 bridgehead atoms. The fourth-order valence-electron chi connectivity index (χ4n) is 3.97. The lowest BCUT2D eigenvalue weighted by Crippen LogP contribution is -2.22. The number of fused-ring (bicyclic) bond motifs is 2. The maximum absolute atomic E-state index is 13.3. The number of benzene rings is 1. The lowest BCUT2D eigenvalue weighted by Gasteiger charge is -2.19. The average molecular weight is 326 g/mol. The van der Waals surface area contributed by atoms with Gasteiger partial charge in [-0.05, 0) is 44.2 Å². The van der Waals surface area contributed by atoms with Gasteiger partial charge in [-0.3, -0.25) is 0 Å². The Labute approximate surface area is 139 Å². The molecule has 5 rings (SSSR count). The van der Waals surface area contributed by atoms with Crippen molar-refractivity contribution < 1.29 is 8.81 Å².